The van der Waals surface area contributed by atoms with Crippen molar-refractivity contribution in [3.8, 4) is 0 Å². The first-order valence-corrected chi connectivity index (χ1v) is 7.59. The van der Waals surface area contributed by atoms with E-state index in [2.05, 4.69) is 41.0 Å². The van der Waals surface area contributed by atoms with E-state index in [0.29, 0.717) is 0 Å². The van der Waals surface area contributed by atoms with E-state index in [9.17, 15) is 5.11 Å². The van der Waals surface area contributed by atoms with Gasteiger partial charge < -0.3 is 15.3 Å². The summed E-state index contributed by atoms with van der Waals surface area (Å²) in [6, 6.07) is 0.230. The van der Waals surface area contributed by atoms with Crippen LogP contribution in [0, 0.1) is 0 Å². The monoisotopic (exact) mass is 272 g/mol. The zero-order valence-corrected chi connectivity index (χ0v) is 12.9. The smallest absolute Gasteiger partial charge is 0.0597 e. The van der Waals surface area contributed by atoms with Gasteiger partial charge in [0, 0.05) is 51.9 Å². The van der Waals surface area contributed by atoms with E-state index in [1.807, 2.05) is 0 Å². The fourth-order valence-electron chi connectivity index (χ4n) is 2.38. The molecule has 0 aromatic rings. The van der Waals surface area contributed by atoms with Crippen LogP contribution in [0.3, 0.4) is 0 Å². The third kappa shape index (κ3) is 7.22. The van der Waals surface area contributed by atoms with Crippen LogP contribution in [0.5, 0.6) is 0 Å². The SMILES string of the molecule is CCCNC(CO)CN1CCN(CCN(C)C)CC1. The molecule has 114 valence electrons. The number of likely N-dealkylation sites (N-methyl/N-ethyl adjacent to an activating group) is 1. The molecule has 1 rings (SSSR count). The van der Waals surface area contributed by atoms with Crippen LogP contribution in [-0.2, 0) is 0 Å². The molecule has 2 N–H and O–H groups in total. The van der Waals surface area contributed by atoms with Crippen LogP contribution in [0.25, 0.3) is 0 Å². The van der Waals surface area contributed by atoms with E-state index in [1.165, 1.54) is 6.54 Å². The van der Waals surface area contributed by atoms with Crippen LogP contribution in [0.1, 0.15) is 13.3 Å². The molecule has 5 heteroatoms. The minimum absolute atomic E-state index is 0.230. The molecule has 5 nitrogen and oxygen atoms in total. The first-order chi connectivity index (χ1) is 9.15. The van der Waals surface area contributed by atoms with Crippen molar-refractivity contribution < 1.29 is 5.11 Å². The van der Waals surface area contributed by atoms with Crippen LogP contribution >= 0.6 is 0 Å². The molecule has 1 aliphatic heterocycles. The van der Waals surface area contributed by atoms with Crippen LogP contribution in [-0.4, -0.2) is 98.9 Å². The molecule has 1 heterocycles. The molecule has 1 aliphatic rings. The Kier molecular flexibility index (Phi) is 8.57. The Bertz CT molecular complexity index is 217. The molecule has 1 saturated heterocycles. The van der Waals surface area contributed by atoms with Crippen molar-refractivity contribution in [3.63, 3.8) is 0 Å². The molecule has 0 saturated carbocycles. The van der Waals surface area contributed by atoms with Gasteiger partial charge in [-0.1, -0.05) is 6.92 Å². The van der Waals surface area contributed by atoms with E-state index in [-0.39, 0.29) is 12.6 Å². The van der Waals surface area contributed by atoms with Crippen molar-refractivity contribution in [2.75, 3.05) is 73.1 Å². The van der Waals surface area contributed by atoms with Crippen molar-refractivity contribution in [2.45, 2.75) is 19.4 Å². The zero-order valence-electron chi connectivity index (χ0n) is 12.9. The Hall–Kier alpha value is -0.200. The van der Waals surface area contributed by atoms with E-state index in [1.54, 1.807) is 0 Å². The topological polar surface area (TPSA) is 42.0 Å². The zero-order chi connectivity index (χ0) is 14.1. The molecule has 0 bridgehead atoms. The highest BCUT2D eigenvalue weighted by atomic mass is 16.3. The molecule has 1 fully saturated rings. The van der Waals surface area contributed by atoms with Crippen molar-refractivity contribution >= 4 is 0 Å². The molecule has 0 aliphatic carbocycles. The third-order valence-electron chi connectivity index (χ3n) is 3.71. The lowest BCUT2D eigenvalue weighted by atomic mass is 10.2. The summed E-state index contributed by atoms with van der Waals surface area (Å²) in [4.78, 5) is 7.24. The Balaban J connectivity index is 2.17. The second-order valence-corrected chi connectivity index (χ2v) is 5.78. The molecule has 0 aromatic heterocycles. The summed E-state index contributed by atoms with van der Waals surface area (Å²) in [5.41, 5.74) is 0. The minimum Gasteiger partial charge on any atom is -0.395 e. The summed E-state index contributed by atoms with van der Waals surface area (Å²) in [6.45, 7) is 11.2. The molecule has 1 atom stereocenters. The van der Waals surface area contributed by atoms with Gasteiger partial charge in [0.25, 0.3) is 0 Å². The predicted molar refractivity (Wildman–Crippen MR) is 80.6 cm³/mol. The van der Waals surface area contributed by atoms with Gasteiger partial charge in [-0.25, -0.2) is 0 Å². The van der Waals surface area contributed by atoms with Crippen LogP contribution in [0.2, 0.25) is 0 Å². The lowest BCUT2D eigenvalue weighted by molar-refractivity contribution is 0.105. The van der Waals surface area contributed by atoms with Crippen molar-refractivity contribution in [1.29, 1.82) is 0 Å². The highest BCUT2D eigenvalue weighted by molar-refractivity contribution is 4.77. The number of hydrogen-bond donors (Lipinski definition) is 2. The summed E-state index contributed by atoms with van der Waals surface area (Å²) < 4.78 is 0. The quantitative estimate of drug-likeness (QED) is 0.594. The number of hydrogen-bond acceptors (Lipinski definition) is 5. The Morgan fingerprint density at radius 2 is 1.79 bits per heavy atom. The summed E-state index contributed by atoms with van der Waals surface area (Å²) in [6.07, 6.45) is 1.12. The molecule has 0 aromatic carbocycles. The van der Waals surface area contributed by atoms with Crippen molar-refractivity contribution in [1.82, 2.24) is 20.0 Å². The molecular weight excluding hydrogens is 240 g/mol. The van der Waals surface area contributed by atoms with Crippen LogP contribution < -0.4 is 5.32 Å². The van der Waals surface area contributed by atoms with Gasteiger partial charge in [-0.3, -0.25) is 9.80 Å². The fourth-order valence-corrected chi connectivity index (χ4v) is 2.38. The summed E-state index contributed by atoms with van der Waals surface area (Å²) in [5, 5.41) is 12.8. The van der Waals surface area contributed by atoms with E-state index >= 15 is 0 Å². The fraction of sp³-hybridized carbons (Fsp3) is 1.00. The predicted octanol–water partition coefficient (Wildman–Crippen LogP) is -0.474. The average Bonchev–Trinajstić information content (AvgIpc) is 2.42. The van der Waals surface area contributed by atoms with Gasteiger partial charge in [0.1, 0.15) is 0 Å². The maximum absolute atomic E-state index is 9.38. The summed E-state index contributed by atoms with van der Waals surface area (Å²) >= 11 is 0. The molecule has 19 heavy (non-hydrogen) atoms. The Morgan fingerprint density at radius 3 is 2.32 bits per heavy atom. The standard InChI is InChI=1S/C14H32N4O/c1-4-5-15-14(13-19)12-18-10-8-17(9-11-18)7-6-16(2)3/h14-15,19H,4-13H2,1-3H3. The van der Waals surface area contributed by atoms with Gasteiger partial charge in [-0.2, -0.15) is 0 Å². The molecular formula is C14H32N4O. The van der Waals surface area contributed by atoms with Gasteiger partial charge in [0.2, 0.25) is 0 Å². The first-order valence-electron chi connectivity index (χ1n) is 7.59. The molecule has 0 radical (unpaired) electrons. The molecule has 0 spiro atoms. The average molecular weight is 272 g/mol. The van der Waals surface area contributed by atoms with E-state index < -0.39 is 0 Å². The summed E-state index contributed by atoms with van der Waals surface area (Å²) in [7, 11) is 4.25. The van der Waals surface area contributed by atoms with Crippen molar-refractivity contribution in [2.24, 2.45) is 0 Å². The second-order valence-electron chi connectivity index (χ2n) is 5.78. The van der Waals surface area contributed by atoms with Gasteiger partial charge in [0.15, 0.2) is 0 Å². The second kappa shape index (κ2) is 9.66. The number of nitrogens with one attached hydrogen (secondary N) is 1. The number of aliphatic hydroxyl groups excluding tert-OH is 1. The number of rotatable bonds is 9. The Morgan fingerprint density at radius 1 is 1.16 bits per heavy atom. The van der Waals surface area contributed by atoms with Crippen LogP contribution in [0.15, 0.2) is 0 Å². The number of piperazine rings is 1. The van der Waals surface area contributed by atoms with Gasteiger partial charge in [-0.05, 0) is 27.1 Å². The minimum atomic E-state index is 0.230. The first kappa shape index (κ1) is 16.9. The highest BCUT2D eigenvalue weighted by Crippen LogP contribution is 2.02. The van der Waals surface area contributed by atoms with Crippen molar-refractivity contribution in [3.05, 3.63) is 0 Å². The van der Waals surface area contributed by atoms with Gasteiger partial charge in [0.05, 0.1) is 6.61 Å². The van der Waals surface area contributed by atoms with Gasteiger partial charge in [-0.15, -0.1) is 0 Å². The third-order valence-corrected chi connectivity index (χ3v) is 3.71. The van der Waals surface area contributed by atoms with Gasteiger partial charge >= 0.3 is 0 Å². The Labute approximate surface area is 118 Å². The number of aliphatic hydroxyl groups is 1. The highest BCUT2D eigenvalue weighted by Gasteiger charge is 2.19. The summed E-state index contributed by atoms with van der Waals surface area (Å²) in [5.74, 6) is 0. The van der Waals surface area contributed by atoms with Crippen LogP contribution in [0.4, 0.5) is 0 Å². The molecule has 0 amide bonds. The lowest BCUT2D eigenvalue weighted by Gasteiger charge is -2.36. The lowest BCUT2D eigenvalue weighted by Crippen LogP contribution is -2.52. The number of nitrogens with zero attached hydrogens (tertiary/aromatic N) is 3. The maximum Gasteiger partial charge on any atom is 0.0597 e. The maximum atomic E-state index is 9.38. The molecule has 1 unspecified atom stereocenters. The van der Waals surface area contributed by atoms with E-state index in [4.69, 9.17) is 0 Å². The normalized spacial score (nSPS) is 20.1. The largest absolute Gasteiger partial charge is 0.395 e. The van der Waals surface area contributed by atoms with E-state index in [0.717, 1.165) is 52.2 Å².